The monoisotopic (exact) mass is 204 g/mol. The Hall–Kier alpha value is -0.820. The Balaban J connectivity index is 1.64. The van der Waals surface area contributed by atoms with E-state index < -0.39 is 0 Å². The molecule has 1 fully saturated rings. The fourth-order valence-corrected chi connectivity index (χ4v) is 2.54. The number of aliphatic hydroxyl groups is 1. The minimum absolute atomic E-state index is 0.371. The molecule has 0 saturated heterocycles. The van der Waals surface area contributed by atoms with Gasteiger partial charge in [-0.3, -0.25) is 0 Å². The van der Waals surface area contributed by atoms with E-state index in [1.807, 2.05) is 0 Å². The molecule has 0 atom stereocenters. The molecule has 0 bridgehead atoms. The van der Waals surface area contributed by atoms with Crippen LogP contribution in [0.2, 0.25) is 0 Å². The molecule has 0 aliphatic heterocycles. The number of rotatable bonds is 5. The Bertz CT molecular complexity index is 275. The highest BCUT2D eigenvalue weighted by atomic mass is 16.3. The smallest absolute Gasteiger partial charge is 0.0433 e. The molecule has 0 heterocycles. The lowest BCUT2D eigenvalue weighted by Gasteiger charge is -2.35. The molecule has 0 radical (unpaired) electrons. The van der Waals surface area contributed by atoms with Crippen molar-refractivity contribution in [2.45, 2.75) is 32.1 Å². The summed E-state index contributed by atoms with van der Waals surface area (Å²) in [6, 6.07) is 10.7. The van der Waals surface area contributed by atoms with Gasteiger partial charge in [0, 0.05) is 6.61 Å². The van der Waals surface area contributed by atoms with Gasteiger partial charge in [-0.05, 0) is 49.5 Å². The van der Waals surface area contributed by atoms with Crippen molar-refractivity contribution < 1.29 is 5.11 Å². The fraction of sp³-hybridized carbons (Fsp3) is 0.571. The molecule has 1 saturated carbocycles. The lowest BCUT2D eigenvalue weighted by molar-refractivity contribution is 0.139. The molecule has 15 heavy (non-hydrogen) atoms. The highest BCUT2D eigenvalue weighted by Crippen LogP contribution is 2.38. The van der Waals surface area contributed by atoms with Gasteiger partial charge in [-0.15, -0.1) is 0 Å². The second kappa shape index (κ2) is 5.32. The Morgan fingerprint density at radius 2 is 1.67 bits per heavy atom. The maximum absolute atomic E-state index is 8.80. The predicted molar refractivity (Wildman–Crippen MR) is 62.7 cm³/mol. The van der Waals surface area contributed by atoms with Crippen LogP contribution in [0.5, 0.6) is 0 Å². The van der Waals surface area contributed by atoms with Crippen LogP contribution < -0.4 is 0 Å². The number of aliphatic hydroxyl groups excluding tert-OH is 1. The summed E-state index contributed by atoms with van der Waals surface area (Å²) in [7, 11) is 0. The van der Waals surface area contributed by atoms with Gasteiger partial charge in [0.15, 0.2) is 0 Å². The van der Waals surface area contributed by atoms with Gasteiger partial charge in [0.05, 0.1) is 0 Å². The van der Waals surface area contributed by atoms with E-state index in [0.717, 1.165) is 18.3 Å². The average molecular weight is 204 g/mol. The zero-order chi connectivity index (χ0) is 10.5. The molecule has 1 heteroatoms. The Labute approximate surface area is 92.1 Å². The number of benzene rings is 1. The first-order valence-corrected chi connectivity index (χ1v) is 6.03. The summed E-state index contributed by atoms with van der Waals surface area (Å²) in [6.45, 7) is 0.371. The van der Waals surface area contributed by atoms with Gasteiger partial charge < -0.3 is 5.11 Å². The normalized spacial score (nSPS) is 24.9. The first-order valence-electron chi connectivity index (χ1n) is 6.03. The average Bonchev–Trinajstić information content (AvgIpc) is 2.23. The molecule has 1 nitrogen and oxygen atoms in total. The predicted octanol–water partition coefficient (Wildman–Crippen LogP) is 3.03. The zero-order valence-electron chi connectivity index (χ0n) is 9.23. The molecule has 1 aromatic rings. The molecule has 1 N–H and O–H groups in total. The van der Waals surface area contributed by atoms with Gasteiger partial charge in [0.25, 0.3) is 0 Å². The molecule has 1 aromatic carbocycles. The summed E-state index contributed by atoms with van der Waals surface area (Å²) >= 11 is 0. The molecular weight excluding hydrogens is 184 g/mol. The van der Waals surface area contributed by atoms with Gasteiger partial charge in [-0.1, -0.05) is 30.3 Å². The van der Waals surface area contributed by atoms with Gasteiger partial charge in [-0.25, -0.2) is 0 Å². The molecule has 1 aliphatic carbocycles. The van der Waals surface area contributed by atoms with Crippen molar-refractivity contribution in [2.24, 2.45) is 11.8 Å². The van der Waals surface area contributed by atoms with Crippen LogP contribution in [-0.2, 0) is 6.42 Å². The van der Waals surface area contributed by atoms with Gasteiger partial charge in [0.1, 0.15) is 0 Å². The molecule has 82 valence electrons. The number of hydrogen-bond donors (Lipinski definition) is 1. The molecule has 0 aromatic heterocycles. The molecule has 0 unspecified atom stereocenters. The Morgan fingerprint density at radius 3 is 2.33 bits per heavy atom. The molecule has 0 spiro atoms. The van der Waals surface area contributed by atoms with Crippen molar-refractivity contribution in [1.82, 2.24) is 0 Å². The lowest BCUT2D eigenvalue weighted by Crippen LogP contribution is -2.24. The molecular formula is C14H20O. The van der Waals surface area contributed by atoms with Crippen molar-refractivity contribution in [3.05, 3.63) is 35.9 Å². The van der Waals surface area contributed by atoms with E-state index in [0.29, 0.717) is 6.61 Å². The minimum atomic E-state index is 0.371. The third-order valence-corrected chi connectivity index (χ3v) is 3.55. The van der Waals surface area contributed by atoms with E-state index >= 15 is 0 Å². The van der Waals surface area contributed by atoms with E-state index in [1.54, 1.807) is 0 Å². The first-order chi connectivity index (χ1) is 7.38. The van der Waals surface area contributed by atoms with E-state index in [9.17, 15) is 0 Å². The molecule has 2 rings (SSSR count). The SMILES string of the molecule is OCCC1CC(CCc2ccccc2)C1. The fourth-order valence-electron chi connectivity index (χ4n) is 2.54. The van der Waals surface area contributed by atoms with Gasteiger partial charge in [-0.2, -0.15) is 0 Å². The van der Waals surface area contributed by atoms with Gasteiger partial charge in [0.2, 0.25) is 0 Å². The highest BCUT2D eigenvalue weighted by molar-refractivity contribution is 5.14. The van der Waals surface area contributed by atoms with E-state index in [-0.39, 0.29) is 0 Å². The third kappa shape index (κ3) is 3.07. The van der Waals surface area contributed by atoms with Crippen molar-refractivity contribution >= 4 is 0 Å². The van der Waals surface area contributed by atoms with Crippen LogP contribution in [0.25, 0.3) is 0 Å². The van der Waals surface area contributed by atoms with Crippen LogP contribution in [0.4, 0.5) is 0 Å². The van der Waals surface area contributed by atoms with E-state index in [1.165, 1.54) is 31.2 Å². The summed E-state index contributed by atoms with van der Waals surface area (Å²) in [6.07, 6.45) is 6.24. The first kappa shape index (κ1) is 10.7. The van der Waals surface area contributed by atoms with Crippen LogP contribution in [0.1, 0.15) is 31.2 Å². The second-order valence-corrected chi connectivity index (χ2v) is 4.74. The van der Waals surface area contributed by atoms with Crippen LogP contribution >= 0.6 is 0 Å². The maximum atomic E-state index is 8.80. The largest absolute Gasteiger partial charge is 0.396 e. The van der Waals surface area contributed by atoms with Crippen molar-refractivity contribution in [2.75, 3.05) is 6.61 Å². The van der Waals surface area contributed by atoms with Crippen molar-refractivity contribution in [3.63, 3.8) is 0 Å². The van der Waals surface area contributed by atoms with Crippen molar-refractivity contribution in [1.29, 1.82) is 0 Å². The van der Waals surface area contributed by atoms with Crippen molar-refractivity contribution in [3.8, 4) is 0 Å². The summed E-state index contributed by atoms with van der Waals surface area (Å²) in [5.41, 5.74) is 1.46. The Morgan fingerprint density at radius 1 is 1.00 bits per heavy atom. The molecule has 1 aliphatic rings. The number of aryl methyl sites for hydroxylation is 1. The Kier molecular flexibility index (Phi) is 3.79. The van der Waals surface area contributed by atoms with Gasteiger partial charge >= 0.3 is 0 Å². The highest BCUT2D eigenvalue weighted by Gasteiger charge is 2.27. The summed E-state index contributed by atoms with van der Waals surface area (Å²) in [4.78, 5) is 0. The van der Waals surface area contributed by atoms with Crippen LogP contribution in [0, 0.1) is 11.8 Å². The lowest BCUT2D eigenvalue weighted by atomic mass is 9.71. The third-order valence-electron chi connectivity index (χ3n) is 3.55. The van der Waals surface area contributed by atoms with Crippen LogP contribution in [0.15, 0.2) is 30.3 Å². The van der Waals surface area contributed by atoms with E-state index in [4.69, 9.17) is 5.11 Å². The van der Waals surface area contributed by atoms with Crippen LogP contribution in [-0.4, -0.2) is 11.7 Å². The maximum Gasteiger partial charge on any atom is 0.0433 e. The molecule has 0 amide bonds. The van der Waals surface area contributed by atoms with Crippen LogP contribution in [0.3, 0.4) is 0 Å². The summed E-state index contributed by atoms with van der Waals surface area (Å²) in [5.74, 6) is 1.73. The zero-order valence-corrected chi connectivity index (χ0v) is 9.23. The van der Waals surface area contributed by atoms with E-state index in [2.05, 4.69) is 30.3 Å². The minimum Gasteiger partial charge on any atom is -0.396 e. The second-order valence-electron chi connectivity index (χ2n) is 4.74. The number of hydrogen-bond acceptors (Lipinski definition) is 1. The standard InChI is InChI=1S/C14H20O/c15-9-8-14-10-13(11-14)7-6-12-4-2-1-3-5-12/h1-5,13-15H,6-11H2. The summed E-state index contributed by atoms with van der Waals surface area (Å²) in [5, 5.41) is 8.80. The topological polar surface area (TPSA) is 20.2 Å². The quantitative estimate of drug-likeness (QED) is 0.781. The summed E-state index contributed by atoms with van der Waals surface area (Å²) < 4.78 is 0.